The largest absolute Gasteiger partial charge is 0.462 e. The fourth-order valence-corrected chi connectivity index (χ4v) is 6.68. The van der Waals surface area contributed by atoms with Gasteiger partial charge in [-0.2, -0.15) is 0 Å². The molecule has 41 heavy (non-hydrogen) atoms. The van der Waals surface area contributed by atoms with Crippen molar-refractivity contribution in [1.29, 1.82) is 0 Å². The maximum atomic E-state index is 13.4. The summed E-state index contributed by atoms with van der Waals surface area (Å²) in [4.78, 5) is 67.4. The number of esters is 2. The Labute approximate surface area is 241 Å². The van der Waals surface area contributed by atoms with Crippen molar-refractivity contribution >= 4 is 46.0 Å². The van der Waals surface area contributed by atoms with Crippen LogP contribution in [0.4, 0.5) is 5.00 Å². The summed E-state index contributed by atoms with van der Waals surface area (Å²) in [6, 6.07) is 14.0. The van der Waals surface area contributed by atoms with E-state index in [1.54, 1.807) is 43.3 Å². The van der Waals surface area contributed by atoms with Gasteiger partial charge < -0.3 is 14.8 Å². The molecule has 0 radical (unpaired) electrons. The number of thiophene rings is 1. The Hall–Kier alpha value is -4.31. The first kappa shape index (κ1) is 28.2. The summed E-state index contributed by atoms with van der Waals surface area (Å²) in [6.07, 6.45) is 2.48. The van der Waals surface area contributed by atoms with E-state index in [0.717, 1.165) is 28.2 Å². The second-order valence-corrected chi connectivity index (χ2v) is 11.3. The Morgan fingerprint density at radius 2 is 1.66 bits per heavy atom. The molecule has 0 saturated heterocycles. The molecular weight excluding hydrogens is 544 g/mol. The standard InChI is InChI=1S/C31H30N2O7S/c1-3-39-31(38)26-22-14-13-18(2)15-24(22)41-27(26)32-25(34)17-40-30(37)23(16-19-9-5-4-6-10-19)33-28(35)20-11-7-8-12-21(20)29(33)36/h4-12,18,23H,3,13-17H2,1-2H3,(H,32,34)/t18-,23+/m1/s1. The number of rotatable bonds is 9. The van der Waals surface area contributed by atoms with Crippen LogP contribution in [0.2, 0.25) is 0 Å². The summed E-state index contributed by atoms with van der Waals surface area (Å²) in [5.41, 5.74) is 2.39. The average molecular weight is 575 g/mol. The van der Waals surface area contributed by atoms with E-state index in [1.807, 2.05) is 6.07 Å². The number of amides is 3. The lowest BCUT2D eigenvalue weighted by Gasteiger charge is -2.24. The molecule has 2 heterocycles. The molecule has 0 unspecified atom stereocenters. The molecule has 1 aliphatic heterocycles. The van der Waals surface area contributed by atoms with E-state index in [0.29, 0.717) is 28.5 Å². The van der Waals surface area contributed by atoms with Gasteiger partial charge in [-0.25, -0.2) is 9.59 Å². The number of nitrogens with zero attached hydrogens (tertiary/aromatic N) is 1. The van der Waals surface area contributed by atoms with Crippen LogP contribution in [0.25, 0.3) is 0 Å². The molecule has 2 aromatic carbocycles. The molecule has 2 atom stereocenters. The predicted octanol–water partition coefficient (Wildman–Crippen LogP) is 4.44. The summed E-state index contributed by atoms with van der Waals surface area (Å²) in [5, 5.41) is 3.09. The van der Waals surface area contributed by atoms with Gasteiger partial charge in [0.15, 0.2) is 6.61 Å². The molecule has 0 bridgehead atoms. The molecule has 1 aromatic heterocycles. The van der Waals surface area contributed by atoms with Gasteiger partial charge >= 0.3 is 11.9 Å². The van der Waals surface area contributed by atoms with Crippen molar-refractivity contribution in [2.24, 2.45) is 5.92 Å². The zero-order valence-corrected chi connectivity index (χ0v) is 23.6. The van der Waals surface area contributed by atoms with Crippen molar-refractivity contribution in [3.8, 4) is 0 Å². The number of fused-ring (bicyclic) bond motifs is 2. The van der Waals surface area contributed by atoms with Gasteiger partial charge in [0.05, 0.1) is 23.3 Å². The Bertz CT molecular complexity index is 1480. The van der Waals surface area contributed by atoms with E-state index in [-0.39, 0.29) is 24.2 Å². The molecule has 5 rings (SSSR count). The number of benzene rings is 2. The van der Waals surface area contributed by atoms with Crippen LogP contribution in [0.15, 0.2) is 54.6 Å². The SMILES string of the molecule is CCOC(=O)c1c(NC(=O)COC(=O)[C@H](Cc2ccccc2)N2C(=O)c3ccccc3C2=O)sc2c1CC[C@@H](C)C2. The highest BCUT2D eigenvalue weighted by molar-refractivity contribution is 7.17. The summed E-state index contributed by atoms with van der Waals surface area (Å²) < 4.78 is 10.6. The van der Waals surface area contributed by atoms with Crippen LogP contribution >= 0.6 is 11.3 Å². The van der Waals surface area contributed by atoms with Gasteiger partial charge in [-0.15, -0.1) is 11.3 Å². The Balaban J connectivity index is 1.33. The van der Waals surface area contributed by atoms with E-state index in [4.69, 9.17) is 9.47 Å². The van der Waals surface area contributed by atoms with Gasteiger partial charge in [-0.05, 0) is 55.4 Å². The minimum atomic E-state index is -1.27. The zero-order chi connectivity index (χ0) is 29.1. The quantitative estimate of drug-likeness (QED) is 0.296. The molecule has 0 spiro atoms. The van der Waals surface area contributed by atoms with Crippen molar-refractivity contribution in [2.45, 2.75) is 45.6 Å². The Morgan fingerprint density at radius 3 is 2.32 bits per heavy atom. The van der Waals surface area contributed by atoms with E-state index < -0.39 is 42.3 Å². The van der Waals surface area contributed by atoms with Crippen molar-refractivity contribution in [2.75, 3.05) is 18.5 Å². The topological polar surface area (TPSA) is 119 Å². The van der Waals surface area contributed by atoms with Gasteiger partial charge in [0, 0.05) is 11.3 Å². The minimum absolute atomic E-state index is 0.0234. The molecular formula is C31H30N2O7S. The molecule has 1 aliphatic carbocycles. The minimum Gasteiger partial charge on any atom is -0.462 e. The summed E-state index contributed by atoms with van der Waals surface area (Å²) in [6.45, 7) is 3.40. The van der Waals surface area contributed by atoms with Crippen LogP contribution in [0.3, 0.4) is 0 Å². The lowest BCUT2D eigenvalue weighted by atomic mass is 9.88. The number of anilines is 1. The van der Waals surface area contributed by atoms with Crippen molar-refractivity contribution in [3.63, 3.8) is 0 Å². The lowest BCUT2D eigenvalue weighted by molar-refractivity contribution is -0.151. The average Bonchev–Trinajstić information content (AvgIpc) is 3.44. The number of imide groups is 1. The van der Waals surface area contributed by atoms with E-state index in [1.165, 1.54) is 23.5 Å². The first-order valence-electron chi connectivity index (χ1n) is 13.6. The molecule has 3 aromatic rings. The molecule has 0 fully saturated rings. The number of carbonyl (C=O) groups excluding carboxylic acids is 5. The number of nitrogens with one attached hydrogen (secondary N) is 1. The van der Waals surface area contributed by atoms with Gasteiger partial charge in [-0.3, -0.25) is 19.3 Å². The second kappa shape index (κ2) is 12.1. The van der Waals surface area contributed by atoms with Crippen LogP contribution in [0.1, 0.15) is 67.3 Å². The fourth-order valence-electron chi connectivity index (χ4n) is 5.26. The second-order valence-electron chi connectivity index (χ2n) is 10.2. The van der Waals surface area contributed by atoms with Crippen molar-refractivity contribution in [1.82, 2.24) is 4.90 Å². The highest BCUT2D eigenvalue weighted by Crippen LogP contribution is 2.40. The molecule has 10 heteroatoms. The Morgan fingerprint density at radius 1 is 1.00 bits per heavy atom. The molecule has 2 aliphatic rings. The van der Waals surface area contributed by atoms with E-state index >= 15 is 0 Å². The van der Waals surface area contributed by atoms with Crippen molar-refractivity contribution < 1.29 is 33.4 Å². The normalized spacial score (nSPS) is 16.5. The fraction of sp³-hybridized carbons (Fsp3) is 0.323. The smallest absolute Gasteiger partial charge is 0.341 e. The van der Waals surface area contributed by atoms with Gasteiger partial charge in [0.25, 0.3) is 17.7 Å². The molecule has 3 amide bonds. The number of carbonyl (C=O) groups is 5. The first-order chi connectivity index (χ1) is 19.8. The third-order valence-electron chi connectivity index (χ3n) is 7.27. The van der Waals surface area contributed by atoms with Crippen LogP contribution in [0, 0.1) is 5.92 Å². The van der Waals surface area contributed by atoms with Gasteiger partial charge in [-0.1, -0.05) is 49.4 Å². The number of hydrogen-bond donors (Lipinski definition) is 1. The maximum absolute atomic E-state index is 13.4. The third kappa shape index (κ3) is 5.78. The summed E-state index contributed by atoms with van der Waals surface area (Å²) in [7, 11) is 0. The number of ether oxygens (including phenoxy) is 2. The van der Waals surface area contributed by atoms with E-state index in [2.05, 4.69) is 12.2 Å². The van der Waals surface area contributed by atoms with E-state index in [9.17, 15) is 24.0 Å². The Kier molecular flexibility index (Phi) is 8.30. The monoisotopic (exact) mass is 574 g/mol. The number of hydrogen-bond acceptors (Lipinski definition) is 8. The van der Waals surface area contributed by atoms with Crippen molar-refractivity contribution in [3.05, 3.63) is 87.3 Å². The lowest BCUT2D eigenvalue weighted by Crippen LogP contribution is -2.47. The molecule has 1 N–H and O–H groups in total. The molecule has 0 saturated carbocycles. The van der Waals surface area contributed by atoms with Crippen LogP contribution < -0.4 is 5.32 Å². The van der Waals surface area contributed by atoms with Crippen LogP contribution in [-0.4, -0.2) is 53.8 Å². The van der Waals surface area contributed by atoms with Gasteiger partial charge in [0.2, 0.25) is 0 Å². The van der Waals surface area contributed by atoms with Crippen LogP contribution in [0.5, 0.6) is 0 Å². The first-order valence-corrected chi connectivity index (χ1v) is 14.4. The molecule has 212 valence electrons. The predicted molar refractivity (Wildman–Crippen MR) is 152 cm³/mol. The maximum Gasteiger partial charge on any atom is 0.341 e. The van der Waals surface area contributed by atoms with Gasteiger partial charge in [0.1, 0.15) is 11.0 Å². The molecule has 9 nitrogen and oxygen atoms in total. The summed E-state index contributed by atoms with van der Waals surface area (Å²) in [5.74, 6) is -2.75. The van der Waals surface area contributed by atoms with Crippen LogP contribution in [-0.2, 0) is 38.3 Å². The zero-order valence-electron chi connectivity index (χ0n) is 22.8. The highest BCUT2D eigenvalue weighted by atomic mass is 32.1. The highest BCUT2D eigenvalue weighted by Gasteiger charge is 2.43. The third-order valence-corrected chi connectivity index (χ3v) is 8.44. The summed E-state index contributed by atoms with van der Waals surface area (Å²) >= 11 is 1.33.